The van der Waals surface area contributed by atoms with Crippen molar-refractivity contribution in [3.05, 3.63) is 64.3 Å². The highest BCUT2D eigenvalue weighted by atomic mass is 79.9. The maximum atomic E-state index is 5.25. The second-order valence-electron chi connectivity index (χ2n) is 5.66. The number of anilines is 4. The first-order chi connectivity index (χ1) is 12.0. The second-order valence-corrected chi connectivity index (χ2v) is 6.58. The Labute approximate surface area is 155 Å². The number of hydrogen-bond acceptors (Lipinski definition) is 5. The van der Waals surface area contributed by atoms with Crippen LogP contribution in [-0.2, 0) is 0 Å². The molecule has 0 atom stereocenters. The van der Waals surface area contributed by atoms with Gasteiger partial charge in [0.05, 0.1) is 7.11 Å². The van der Waals surface area contributed by atoms with Crippen molar-refractivity contribution in [2.75, 3.05) is 17.7 Å². The van der Waals surface area contributed by atoms with E-state index in [0.717, 1.165) is 38.7 Å². The molecule has 1 aromatic heterocycles. The molecule has 5 nitrogen and oxygen atoms in total. The lowest BCUT2D eigenvalue weighted by Crippen LogP contribution is -2.03. The summed E-state index contributed by atoms with van der Waals surface area (Å²) >= 11 is 3.47. The average molecular weight is 399 g/mol. The first kappa shape index (κ1) is 17.2. The third-order valence-electron chi connectivity index (χ3n) is 3.63. The fourth-order valence-corrected chi connectivity index (χ4v) is 2.90. The predicted octanol–water partition coefficient (Wildman–Crippen LogP) is 5.35. The first-order valence-corrected chi connectivity index (χ1v) is 8.63. The number of methoxy groups -OCH3 is 1. The van der Waals surface area contributed by atoms with E-state index in [1.165, 1.54) is 0 Å². The summed E-state index contributed by atoms with van der Waals surface area (Å²) in [6.45, 7) is 3.98. The summed E-state index contributed by atoms with van der Waals surface area (Å²) < 4.78 is 6.30. The normalized spacial score (nSPS) is 10.4. The number of hydrogen-bond donors (Lipinski definition) is 2. The van der Waals surface area contributed by atoms with Gasteiger partial charge in [0.2, 0.25) is 5.95 Å². The van der Waals surface area contributed by atoms with Gasteiger partial charge in [-0.25, -0.2) is 4.98 Å². The van der Waals surface area contributed by atoms with Gasteiger partial charge in [0.1, 0.15) is 11.6 Å². The molecule has 1 heterocycles. The van der Waals surface area contributed by atoms with Gasteiger partial charge < -0.3 is 15.4 Å². The smallest absolute Gasteiger partial charge is 0.229 e. The lowest BCUT2D eigenvalue weighted by molar-refractivity contribution is 0.415. The molecule has 0 bridgehead atoms. The SMILES string of the molecule is COc1cccc(Nc2cc(C)nc(Nc3ccc(Br)cc3C)n2)c1. The van der Waals surface area contributed by atoms with Gasteiger partial charge in [-0.3, -0.25) is 0 Å². The number of ether oxygens (including phenoxy) is 1. The number of rotatable bonds is 5. The molecule has 25 heavy (non-hydrogen) atoms. The molecule has 2 N–H and O–H groups in total. The van der Waals surface area contributed by atoms with Crippen molar-refractivity contribution in [3.63, 3.8) is 0 Å². The number of aryl methyl sites for hydroxylation is 2. The lowest BCUT2D eigenvalue weighted by atomic mass is 10.2. The van der Waals surface area contributed by atoms with Crippen molar-refractivity contribution in [2.24, 2.45) is 0 Å². The van der Waals surface area contributed by atoms with E-state index in [1.807, 2.05) is 62.4 Å². The highest BCUT2D eigenvalue weighted by Crippen LogP contribution is 2.25. The lowest BCUT2D eigenvalue weighted by Gasteiger charge is -2.12. The monoisotopic (exact) mass is 398 g/mol. The van der Waals surface area contributed by atoms with Gasteiger partial charge in [0, 0.05) is 33.7 Å². The van der Waals surface area contributed by atoms with Gasteiger partial charge in [0.15, 0.2) is 0 Å². The predicted molar refractivity (Wildman–Crippen MR) is 105 cm³/mol. The van der Waals surface area contributed by atoms with Gasteiger partial charge in [-0.15, -0.1) is 0 Å². The zero-order valence-corrected chi connectivity index (χ0v) is 15.9. The van der Waals surface area contributed by atoms with E-state index in [-0.39, 0.29) is 0 Å². The van der Waals surface area contributed by atoms with Gasteiger partial charge in [-0.1, -0.05) is 22.0 Å². The summed E-state index contributed by atoms with van der Waals surface area (Å²) in [5, 5.41) is 6.57. The Morgan fingerprint density at radius 3 is 2.56 bits per heavy atom. The molecule has 0 radical (unpaired) electrons. The summed E-state index contributed by atoms with van der Waals surface area (Å²) in [6, 6.07) is 15.7. The van der Waals surface area contributed by atoms with Gasteiger partial charge in [-0.05, 0) is 49.7 Å². The largest absolute Gasteiger partial charge is 0.497 e. The third-order valence-corrected chi connectivity index (χ3v) is 4.12. The maximum Gasteiger partial charge on any atom is 0.229 e. The van der Waals surface area contributed by atoms with Crippen molar-refractivity contribution in [2.45, 2.75) is 13.8 Å². The summed E-state index contributed by atoms with van der Waals surface area (Å²) in [5.41, 5.74) is 3.86. The standard InChI is InChI=1S/C19H19BrN4O/c1-12-9-14(20)7-8-17(12)23-19-21-13(2)10-18(24-19)22-15-5-4-6-16(11-15)25-3/h4-11H,1-3H3,(H2,21,22,23,24). The second kappa shape index (κ2) is 7.53. The molecule has 2 aromatic carbocycles. The van der Waals surface area contributed by atoms with Crippen LogP contribution in [0.15, 0.2) is 53.0 Å². The number of benzene rings is 2. The average Bonchev–Trinajstić information content (AvgIpc) is 2.57. The van der Waals surface area contributed by atoms with Crippen LogP contribution in [0.5, 0.6) is 5.75 Å². The molecule has 0 spiro atoms. The summed E-state index contributed by atoms with van der Waals surface area (Å²) in [6.07, 6.45) is 0. The van der Waals surface area contributed by atoms with Gasteiger partial charge in [-0.2, -0.15) is 4.98 Å². The van der Waals surface area contributed by atoms with Crippen LogP contribution in [0.2, 0.25) is 0 Å². The molecule has 0 saturated heterocycles. The van der Waals surface area contributed by atoms with Crippen LogP contribution < -0.4 is 15.4 Å². The van der Waals surface area contributed by atoms with E-state index in [0.29, 0.717) is 5.95 Å². The van der Waals surface area contributed by atoms with Crippen LogP contribution in [0, 0.1) is 13.8 Å². The third kappa shape index (κ3) is 4.48. The van der Waals surface area contributed by atoms with Crippen molar-refractivity contribution < 1.29 is 4.74 Å². The van der Waals surface area contributed by atoms with Gasteiger partial charge >= 0.3 is 0 Å². The molecular formula is C19H19BrN4O. The number of halogens is 1. The minimum Gasteiger partial charge on any atom is -0.497 e. The van der Waals surface area contributed by atoms with Crippen LogP contribution in [0.3, 0.4) is 0 Å². The van der Waals surface area contributed by atoms with Crippen LogP contribution in [0.4, 0.5) is 23.1 Å². The minimum atomic E-state index is 0.552. The number of nitrogens with one attached hydrogen (secondary N) is 2. The van der Waals surface area contributed by atoms with Gasteiger partial charge in [0.25, 0.3) is 0 Å². The van der Waals surface area contributed by atoms with E-state index < -0.39 is 0 Å². The number of nitrogens with zero attached hydrogens (tertiary/aromatic N) is 2. The Bertz CT molecular complexity index is 898. The summed E-state index contributed by atoms with van der Waals surface area (Å²) in [4.78, 5) is 9.03. The molecule has 0 unspecified atom stereocenters. The highest BCUT2D eigenvalue weighted by molar-refractivity contribution is 9.10. The highest BCUT2D eigenvalue weighted by Gasteiger charge is 2.06. The zero-order chi connectivity index (χ0) is 17.8. The summed E-state index contributed by atoms with van der Waals surface area (Å²) in [5.74, 6) is 2.06. The van der Waals surface area contributed by atoms with E-state index in [1.54, 1.807) is 7.11 Å². The molecule has 0 fully saturated rings. The molecule has 0 aliphatic carbocycles. The Morgan fingerprint density at radius 1 is 0.960 bits per heavy atom. The van der Waals surface area contributed by atoms with Crippen molar-refractivity contribution in [1.29, 1.82) is 0 Å². The first-order valence-electron chi connectivity index (χ1n) is 7.83. The van der Waals surface area contributed by atoms with Crippen molar-refractivity contribution in [3.8, 4) is 5.75 Å². The van der Waals surface area contributed by atoms with Crippen LogP contribution in [0.1, 0.15) is 11.3 Å². The molecule has 3 aromatic rings. The number of aromatic nitrogens is 2. The molecule has 0 aliphatic rings. The Hall–Kier alpha value is -2.60. The maximum absolute atomic E-state index is 5.25. The molecule has 6 heteroatoms. The van der Waals surface area contributed by atoms with Crippen LogP contribution in [0.25, 0.3) is 0 Å². The molecular weight excluding hydrogens is 380 g/mol. The molecule has 0 saturated carbocycles. The van der Waals surface area contributed by atoms with E-state index in [4.69, 9.17) is 4.74 Å². The fourth-order valence-electron chi connectivity index (χ4n) is 2.42. The van der Waals surface area contributed by atoms with Crippen LogP contribution in [-0.4, -0.2) is 17.1 Å². The Balaban J connectivity index is 1.84. The Kier molecular flexibility index (Phi) is 5.19. The molecule has 3 rings (SSSR count). The molecule has 128 valence electrons. The fraction of sp³-hybridized carbons (Fsp3) is 0.158. The van der Waals surface area contributed by atoms with E-state index >= 15 is 0 Å². The zero-order valence-electron chi connectivity index (χ0n) is 14.3. The van der Waals surface area contributed by atoms with E-state index in [2.05, 4.69) is 36.5 Å². The van der Waals surface area contributed by atoms with E-state index in [9.17, 15) is 0 Å². The Morgan fingerprint density at radius 2 is 1.80 bits per heavy atom. The quantitative estimate of drug-likeness (QED) is 0.606. The minimum absolute atomic E-state index is 0.552. The van der Waals surface area contributed by atoms with Crippen molar-refractivity contribution >= 4 is 39.1 Å². The summed E-state index contributed by atoms with van der Waals surface area (Å²) in [7, 11) is 1.65. The topological polar surface area (TPSA) is 59.1 Å². The molecule has 0 amide bonds. The molecule has 0 aliphatic heterocycles. The van der Waals surface area contributed by atoms with Crippen LogP contribution >= 0.6 is 15.9 Å². The van der Waals surface area contributed by atoms with Crippen molar-refractivity contribution in [1.82, 2.24) is 9.97 Å².